The number of hydrogen-bond donors (Lipinski definition) is 2. The highest BCUT2D eigenvalue weighted by Gasteiger charge is 2.33. The third kappa shape index (κ3) is 5.78. The number of carbonyl (C=O) groups excluding carboxylic acids is 2. The fourth-order valence-electron chi connectivity index (χ4n) is 3.95. The first-order valence-corrected chi connectivity index (χ1v) is 10.0. The van der Waals surface area contributed by atoms with Crippen LogP contribution in [0.25, 0.3) is 0 Å². The summed E-state index contributed by atoms with van der Waals surface area (Å²) in [5.74, 6) is 0.0686. The highest BCUT2D eigenvalue weighted by atomic mass is 16.5. The number of hydrogen-bond acceptors (Lipinski definition) is 4. The second-order valence-corrected chi connectivity index (χ2v) is 7.54. The largest absolute Gasteiger partial charge is 0.394 e. The quantitative estimate of drug-likeness (QED) is 0.794. The number of nitrogens with one attached hydrogen (secondary N) is 1. The van der Waals surface area contributed by atoms with Crippen molar-refractivity contribution < 1.29 is 19.4 Å². The molecule has 2 aliphatic heterocycles. The van der Waals surface area contributed by atoms with Crippen LogP contribution in [0.15, 0.2) is 30.3 Å². The number of aliphatic hydroxyl groups excluding tert-OH is 1. The Balaban J connectivity index is 1.47. The lowest BCUT2D eigenvalue weighted by Crippen LogP contribution is -2.52. The molecule has 6 nitrogen and oxygen atoms in total. The van der Waals surface area contributed by atoms with Gasteiger partial charge in [0.1, 0.15) is 6.10 Å². The van der Waals surface area contributed by atoms with Crippen LogP contribution in [0.3, 0.4) is 0 Å². The molecule has 1 aromatic carbocycles. The highest BCUT2D eigenvalue weighted by Crippen LogP contribution is 2.23. The molecule has 2 aliphatic rings. The number of amides is 2. The van der Waals surface area contributed by atoms with Crippen molar-refractivity contribution in [3.63, 3.8) is 0 Å². The molecule has 2 fully saturated rings. The molecule has 3 rings (SSSR count). The van der Waals surface area contributed by atoms with Gasteiger partial charge in [0.15, 0.2) is 0 Å². The molecule has 2 amide bonds. The molecule has 0 radical (unpaired) electrons. The zero-order valence-electron chi connectivity index (χ0n) is 15.8. The molecule has 2 heterocycles. The van der Waals surface area contributed by atoms with Crippen LogP contribution in [-0.2, 0) is 20.7 Å². The van der Waals surface area contributed by atoms with E-state index in [-0.39, 0.29) is 30.6 Å². The average Bonchev–Trinajstić information content (AvgIpc) is 2.70. The summed E-state index contributed by atoms with van der Waals surface area (Å²) >= 11 is 0. The fraction of sp³-hybridized carbons (Fsp3) is 0.619. The topological polar surface area (TPSA) is 78.9 Å². The molecule has 6 heteroatoms. The second kappa shape index (κ2) is 9.85. The van der Waals surface area contributed by atoms with E-state index in [0.29, 0.717) is 25.7 Å². The summed E-state index contributed by atoms with van der Waals surface area (Å²) < 4.78 is 5.95. The zero-order chi connectivity index (χ0) is 19.1. The molecule has 1 aromatic rings. The molecule has 27 heavy (non-hydrogen) atoms. The zero-order valence-corrected chi connectivity index (χ0v) is 15.8. The van der Waals surface area contributed by atoms with Crippen LogP contribution in [0, 0.1) is 0 Å². The molecule has 148 valence electrons. The Morgan fingerprint density at radius 3 is 2.56 bits per heavy atom. The number of aliphatic hydroxyl groups is 1. The molecular formula is C21H30N2O4. The van der Waals surface area contributed by atoms with Gasteiger partial charge in [-0.3, -0.25) is 9.59 Å². The molecule has 0 spiro atoms. The van der Waals surface area contributed by atoms with Crippen LogP contribution in [0.2, 0.25) is 0 Å². The van der Waals surface area contributed by atoms with E-state index in [2.05, 4.69) is 5.32 Å². The Labute approximate surface area is 160 Å². The van der Waals surface area contributed by atoms with E-state index < -0.39 is 6.10 Å². The van der Waals surface area contributed by atoms with Gasteiger partial charge in [-0.05, 0) is 37.7 Å². The van der Waals surface area contributed by atoms with Gasteiger partial charge in [0, 0.05) is 13.1 Å². The minimum atomic E-state index is -0.461. The maximum absolute atomic E-state index is 12.4. The maximum Gasteiger partial charge on any atom is 0.225 e. The molecule has 2 saturated heterocycles. The fourth-order valence-corrected chi connectivity index (χ4v) is 3.95. The van der Waals surface area contributed by atoms with Gasteiger partial charge in [0.05, 0.1) is 31.6 Å². The van der Waals surface area contributed by atoms with Gasteiger partial charge >= 0.3 is 0 Å². The summed E-state index contributed by atoms with van der Waals surface area (Å²) in [6.07, 6.45) is 4.80. The predicted molar refractivity (Wildman–Crippen MR) is 102 cm³/mol. The Morgan fingerprint density at radius 2 is 1.85 bits per heavy atom. The lowest BCUT2D eigenvalue weighted by atomic mass is 9.96. The van der Waals surface area contributed by atoms with Crippen molar-refractivity contribution in [1.82, 2.24) is 10.2 Å². The van der Waals surface area contributed by atoms with E-state index in [1.54, 1.807) is 0 Å². The third-order valence-corrected chi connectivity index (χ3v) is 5.46. The lowest BCUT2D eigenvalue weighted by Gasteiger charge is -2.37. The van der Waals surface area contributed by atoms with E-state index in [4.69, 9.17) is 4.74 Å². The van der Waals surface area contributed by atoms with Gasteiger partial charge in [-0.1, -0.05) is 30.3 Å². The van der Waals surface area contributed by atoms with Gasteiger partial charge in [0.25, 0.3) is 0 Å². The average molecular weight is 374 g/mol. The number of likely N-dealkylation sites (tertiary alicyclic amines) is 1. The summed E-state index contributed by atoms with van der Waals surface area (Å²) in [6.45, 7) is 1.52. The Kier molecular flexibility index (Phi) is 7.24. The first kappa shape index (κ1) is 19.8. The summed E-state index contributed by atoms with van der Waals surface area (Å²) in [5, 5.41) is 12.7. The number of rotatable bonds is 6. The van der Waals surface area contributed by atoms with Crippen molar-refractivity contribution in [2.45, 2.75) is 63.2 Å². The summed E-state index contributed by atoms with van der Waals surface area (Å²) in [7, 11) is 0. The number of piperidine rings is 1. The SMILES string of the molecule is O=C(Cc1ccccc1)N[C@H]1CC[C@H](CC(=O)N2CCCCC2)O[C@H]1CO. The number of carbonyl (C=O) groups is 2. The Hall–Kier alpha value is -1.92. The van der Waals surface area contributed by atoms with Crippen LogP contribution < -0.4 is 5.32 Å². The van der Waals surface area contributed by atoms with Crippen LogP contribution in [0.4, 0.5) is 0 Å². The maximum atomic E-state index is 12.4. The van der Waals surface area contributed by atoms with Crippen molar-refractivity contribution in [3.05, 3.63) is 35.9 Å². The lowest BCUT2D eigenvalue weighted by molar-refractivity contribution is -0.143. The number of ether oxygens (including phenoxy) is 1. The van der Waals surface area contributed by atoms with Crippen LogP contribution in [0.5, 0.6) is 0 Å². The Morgan fingerprint density at radius 1 is 1.11 bits per heavy atom. The second-order valence-electron chi connectivity index (χ2n) is 7.54. The van der Waals surface area contributed by atoms with Crippen molar-refractivity contribution in [2.75, 3.05) is 19.7 Å². The van der Waals surface area contributed by atoms with Gasteiger partial charge in [0.2, 0.25) is 11.8 Å². The molecule has 0 saturated carbocycles. The number of nitrogens with zero attached hydrogens (tertiary/aromatic N) is 1. The van der Waals surface area contributed by atoms with E-state index in [1.807, 2.05) is 35.2 Å². The monoisotopic (exact) mass is 374 g/mol. The van der Waals surface area contributed by atoms with Gasteiger partial charge < -0.3 is 20.1 Å². The Bertz CT molecular complexity index is 616. The van der Waals surface area contributed by atoms with Crippen molar-refractivity contribution in [2.24, 2.45) is 0 Å². The van der Waals surface area contributed by atoms with E-state index >= 15 is 0 Å². The first-order chi connectivity index (χ1) is 13.2. The predicted octanol–water partition coefficient (Wildman–Crippen LogP) is 1.66. The normalized spacial score (nSPS) is 25.8. The molecule has 0 bridgehead atoms. The third-order valence-electron chi connectivity index (χ3n) is 5.46. The minimum absolute atomic E-state index is 0.0731. The van der Waals surface area contributed by atoms with E-state index in [1.165, 1.54) is 6.42 Å². The van der Waals surface area contributed by atoms with E-state index in [0.717, 1.165) is 31.5 Å². The summed E-state index contributed by atoms with van der Waals surface area (Å²) in [4.78, 5) is 26.7. The minimum Gasteiger partial charge on any atom is -0.394 e. The molecule has 3 atom stereocenters. The van der Waals surface area contributed by atoms with Gasteiger partial charge in [-0.25, -0.2) is 0 Å². The molecule has 0 aromatic heterocycles. The molecule has 2 N–H and O–H groups in total. The summed E-state index contributed by atoms with van der Waals surface area (Å²) in [5.41, 5.74) is 0.956. The number of benzene rings is 1. The van der Waals surface area contributed by atoms with Crippen molar-refractivity contribution in [3.8, 4) is 0 Å². The van der Waals surface area contributed by atoms with Gasteiger partial charge in [-0.15, -0.1) is 0 Å². The van der Waals surface area contributed by atoms with Gasteiger partial charge in [-0.2, -0.15) is 0 Å². The van der Waals surface area contributed by atoms with Crippen molar-refractivity contribution >= 4 is 11.8 Å². The smallest absolute Gasteiger partial charge is 0.225 e. The highest BCUT2D eigenvalue weighted by molar-refractivity contribution is 5.79. The first-order valence-electron chi connectivity index (χ1n) is 10.0. The summed E-state index contributed by atoms with van der Waals surface area (Å²) in [6, 6.07) is 9.36. The van der Waals surface area contributed by atoms with Crippen LogP contribution in [-0.4, -0.2) is 59.8 Å². The molecular weight excluding hydrogens is 344 g/mol. The standard InChI is InChI=1S/C21H30N2O4/c24-15-19-18(22-20(25)13-16-7-3-1-4-8-16)10-9-17(27-19)14-21(26)23-11-5-2-6-12-23/h1,3-4,7-8,17-19,24H,2,5-6,9-15H2,(H,22,25)/t17-,18+,19+/m1/s1. The molecule has 0 aliphatic carbocycles. The molecule has 0 unspecified atom stereocenters. The van der Waals surface area contributed by atoms with Crippen LogP contribution in [0.1, 0.15) is 44.1 Å². The van der Waals surface area contributed by atoms with Crippen molar-refractivity contribution in [1.29, 1.82) is 0 Å². The van der Waals surface area contributed by atoms with E-state index in [9.17, 15) is 14.7 Å². The van der Waals surface area contributed by atoms with Crippen LogP contribution >= 0.6 is 0 Å².